The molecule has 0 aliphatic carbocycles. The molecule has 0 saturated carbocycles. The Morgan fingerprint density at radius 2 is 1.95 bits per heavy atom. The van der Waals surface area contributed by atoms with E-state index in [2.05, 4.69) is 12.2 Å². The molecule has 0 aromatic rings. The Hall–Kier alpha value is -0.660. The van der Waals surface area contributed by atoms with Crippen molar-refractivity contribution >= 4 is 15.9 Å². The minimum atomic E-state index is -3.18. The number of likely N-dealkylation sites (tertiary alicyclic amines) is 1. The smallest absolute Gasteiger partial charge is 0.239 e. The van der Waals surface area contributed by atoms with Crippen LogP contribution in [0.2, 0.25) is 0 Å². The Labute approximate surface area is 134 Å². The SMILES string of the molecule is CCC1CN(S(=O)(=O)C(C)C)CCC1NC1CCN(C)C1=O. The molecule has 2 heterocycles. The second kappa shape index (κ2) is 6.84. The molecule has 6 nitrogen and oxygen atoms in total. The number of nitrogens with zero attached hydrogens (tertiary/aromatic N) is 2. The third kappa shape index (κ3) is 3.46. The molecule has 2 fully saturated rings. The summed E-state index contributed by atoms with van der Waals surface area (Å²) in [6, 6.07) is 0.126. The summed E-state index contributed by atoms with van der Waals surface area (Å²) in [7, 11) is -1.35. The highest BCUT2D eigenvalue weighted by atomic mass is 32.2. The second-order valence-corrected chi connectivity index (χ2v) is 9.27. The molecule has 3 atom stereocenters. The number of likely N-dealkylation sites (N-methyl/N-ethyl adjacent to an activating group) is 1. The molecule has 22 heavy (non-hydrogen) atoms. The Bertz CT molecular complexity index is 506. The molecule has 0 spiro atoms. The Balaban J connectivity index is 2.00. The van der Waals surface area contributed by atoms with E-state index in [1.165, 1.54) is 0 Å². The molecule has 1 amide bonds. The van der Waals surface area contributed by atoms with Crippen LogP contribution in [-0.4, -0.2) is 67.5 Å². The van der Waals surface area contributed by atoms with Gasteiger partial charge in [-0.1, -0.05) is 13.3 Å². The average molecular weight is 331 g/mol. The number of piperidine rings is 1. The zero-order chi connectivity index (χ0) is 16.5. The second-order valence-electron chi connectivity index (χ2n) is 6.78. The van der Waals surface area contributed by atoms with E-state index in [0.29, 0.717) is 13.1 Å². The van der Waals surface area contributed by atoms with Gasteiger partial charge in [0.25, 0.3) is 0 Å². The van der Waals surface area contributed by atoms with E-state index in [1.54, 1.807) is 23.1 Å². The van der Waals surface area contributed by atoms with Gasteiger partial charge in [0, 0.05) is 32.7 Å². The quantitative estimate of drug-likeness (QED) is 0.803. The van der Waals surface area contributed by atoms with Crippen molar-refractivity contribution in [3.8, 4) is 0 Å². The van der Waals surface area contributed by atoms with E-state index < -0.39 is 10.0 Å². The van der Waals surface area contributed by atoms with Crippen LogP contribution in [0.25, 0.3) is 0 Å². The van der Waals surface area contributed by atoms with E-state index in [9.17, 15) is 13.2 Å². The molecule has 3 unspecified atom stereocenters. The number of rotatable bonds is 5. The molecule has 128 valence electrons. The van der Waals surface area contributed by atoms with Gasteiger partial charge in [-0.2, -0.15) is 0 Å². The van der Waals surface area contributed by atoms with Crippen LogP contribution < -0.4 is 5.32 Å². The van der Waals surface area contributed by atoms with Crippen LogP contribution in [0.3, 0.4) is 0 Å². The standard InChI is InChI=1S/C15H29N3O3S/c1-5-12-10-18(22(20,21)11(2)3)9-7-13(12)16-14-6-8-17(4)15(14)19/h11-14,16H,5-10H2,1-4H3. The first-order valence-electron chi connectivity index (χ1n) is 8.27. The predicted molar refractivity (Wildman–Crippen MR) is 87.0 cm³/mol. The van der Waals surface area contributed by atoms with Gasteiger partial charge in [0.1, 0.15) is 0 Å². The first-order valence-corrected chi connectivity index (χ1v) is 9.77. The maximum absolute atomic E-state index is 12.3. The molecule has 0 aromatic carbocycles. The van der Waals surface area contributed by atoms with Gasteiger partial charge in [-0.3, -0.25) is 4.79 Å². The highest BCUT2D eigenvalue weighted by Gasteiger charge is 2.38. The van der Waals surface area contributed by atoms with Crippen LogP contribution >= 0.6 is 0 Å². The van der Waals surface area contributed by atoms with Gasteiger partial charge in [0.05, 0.1) is 11.3 Å². The van der Waals surface area contributed by atoms with Crippen molar-refractivity contribution < 1.29 is 13.2 Å². The fourth-order valence-corrected chi connectivity index (χ4v) is 4.75. The largest absolute Gasteiger partial charge is 0.344 e. The van der Waals surface area contributed by atoms with Crippen LogP contribution in [-0.2, 0) is 14.8 Å². The molecule has 0 bridgehead atoms. The summed E-state index contributed by atoms with van der Waals surface area (Å²) < 4.78 is 26.3. The number of hydrogen-bond donors (Lipinski definition) is 1. The normalized spacial score (nSPS) is 31.2. The van der Waals surface area contributed by atoms with Gasteiger partial charge in [-0.05, 0) is 32.6 Å². The number of nitrogens with one attached hydrogen (secondary N) is 1. The van der Waals surface area contributed by atoms with Gasteiger partial charge in [0.15, 0.2) is 0 Å². The molecule has 2 rings (SSSR count). The Kier molecular flexibility index (Phi) is 5.50. The average Bonchev–Trinajstić information content (AvgIpc) is 2.79. The van der Waals surface area contributed by atoms with Crippen molar-refractivity contribution in [2.45, 2.75) is 57.4 Å². The summed E-state index contributed by atoms with van der Waals surface area (Å²) in [5.41, 5.74) is 0. The number of sulfonamides is 1. The lowest BCUT2D eigenvalue weighted by atomic mass is 9.90. The molecule has 2 aliphatic heterocycles. The monoisotopic (exact) mass is 331 g/mol. The summed E-state index contributed by atoms with van der Waals surface area (Å²) in [4.78, 5) is 13.8. The first kappa shape index (κ1) is 17.7. The fraction of sp³-hybridized carbons (Fsp3) is 0.933. The summed E-state index contributed by atoms with van der Waals surface area (Å²) in [6.07, 6.45) is 2.53. The maximum atomic E-state index is 12.3. The lowest BCUT2D eigenvalue weighted by molar-refractivity contribution is -0.128. The molecular weight excluding hydrogens is 302 g/mol. The van der Waals surface area contributed by atoms with Gasteiger partial charge in [0.2, 0.25) is 15.9 Å². The lowest BCUT2D eigenvalue weighted by Gasteiger charge is -2.39. The van der Waals surface area contributed by atoms with Gasteiger partial charge in [-0.15, -0.1) is 0 Å². The fourth-order valence-electron chi connectivity index (χ4n) is 3.40. The lowest BCUT2D eigenvalue weighted by Crippen LogP contribution is -2.55. The number of hydrogen-bond acceptors (Lipinski definition) is 4. The molecule has 0 aromatic heterocycles. The van der Waals surface area contributed by atoms with Crippen molar-refractivity contribution in [3.05, 3.63) is 0 Å². The Morgan fingerprint density at radius 3 is 2.45 bits per heavy atom. The maximum Gasteiger partial charge on any atom is 0.239 e. The van der Waals surface area contributed by atoms with E-state index in [4.69, 9.17) is 0 Å². The molecule has 2 saturated heterocycles. The summed E-state index contributed by atoms with van der Waals surface area (Å²) in [6.45, 7) is 7.46. The number of amides is 1. The molecule has 7 heteroatoms. The van der Waals surface area contributed by atoms with Crippen LogP contribution in [0.4, 0.5) is 0 Å². The number of carbonyl (C=O) groups is 1. The van der Waals surface area contributed by atoms with Crippen molar-refractivity contribution in [3.63, 3.8) is 0 Å². The molecule has 2 aliphatic rings. The highest BCUT2D eigenvalue weighted by Crippen LogP contribution is 2.25. The zero-order valence-corrected chi connectivity index (χ0v) is 14.9. The summed E-state index contributed by atoms with van der Waals surface area (Å²) in [5, 5.41) is 3.11. The van der Waals surface area contributed by atoms with Gasteiger partial charge >= 0.3 is 0 Å². The number of carbonyl (C=O) groups excluding carboxylic acids is 1. The first-order chi connectivity index (χ1) is 10.3. The predicted octanol–water partition coefficient (Wildman–Crippen LogP) is 0.645. The minimum absolute atomic E-state index is 0.0997. The van der Waals surface area contributed by atoms with Crippen LogP contribution in [0.1, 0.15) is 40.0 Å². The summed E-state index contributed by atoms with van der Waals surface area (Å²) in [5.74, 6) is 0.424. The molecule has 0 radical (unpaired) electrons. The summed E-state index contributed by atoms with van der Waals surface area (Å²) >= 11 is 0. The van der Waals surface area contributed by atoms with E-state index in [-0.39, 0.29) is 29.2 Å². The van der Waals surface area contributed by atoms with Crippen molar-refractivity contribution in [2.75, 3.05) is 26.7 Å². The third-order valence-corrected chi connectivity index (χ3v) is 7.26. The minimum Gasteiger partial charge on any atom is -0.344 e. The Morgan fingerprint density at radius 1 is 1.27 bits per heavy atom. The van der Waals surface area contributed by atoms with Crippen molar-refractivity contribution in [1.29, 1.82) is 0 Å². The van der Waals surface area contributed by atoms with Gasteiger partial charge in [-0.25, -0.2) is 12.7 Å². The van der Waals surface area contributed by atoms with Crippen LogP contribution in [0, 0.1) is 5.92 Å². The third-order valence-electron chi connectivity index (χ3n) is 5.02. The van der Waals surface area contributed by atoms with Gasteiger partial charge < -0.3 is 10.2 Å². The zero-order valence-electron chi connectivity index (χ0n) is 14.1. The van der Waals surface area contributed by atoms with E-state index in [1.807, 2.05) is 7.05 Å². The topological polar surface area (TPSA) is 69.7 Å². The van der Waals surface area contributed by atoms with Crippen LogP contribution in [0.15, 0.2) is 0 Å². The van der Waals surface area contributed by atoms with E-state index >= 15 is 0 Å². The van der Waals surface area contributed by atoms with E-state index in [0.717, 1.165) is 25.8 Å². The van der Waals surface area contributed by atoms with Crippen LogP contribution in [0.5, 0.6) is 0 Å². The van der Waals surface area contributed by atoms with Crippen molar-refractivity contribution in [2.24, 2.45) is 5.92 Å². The molecule has 1 N–H and O–H groups in total. The van der Waals surface area contributed by atoms with Crippen molar-refractivity contribution in [1.82, 2.24) is 14.5 Å². The highest BCUT2D eigenvalue weighted by molar-refractivity contribution is 7.89. The molecular formula is C15H29N3O3S.